The molecule has 2 saturated carbocycles. The zero-order valence-electron chi connectivity index (χ0n) is 13.7. The van der Waals surface area contributed by atoms with Crippen molar-refractivity contribution in [3.8, 4) is 0 Å². The van der Waals surface area contributed by atoms with Gasteiger partial charge in [0, 0.05) is 6.04 Å². The highest BCUT2D eigenvalue weighted by atomic mass is 32.1. The van der Waals surface area contributed by atoms with Crippen molar-refractivity contribution in [3.05, 3.63) is 60.7 Å². The minimum absolute atomic E-state index is 0.539. The molecule has 4 rings (SSSR count). The van der Waals surface area contributed by atoms with Gasteiger partial charge in [0.1, 0.15) is 0 Å². The molecular formula is C20H23N3S. The van der Waals surface area contributed by atoms with Crippen LogP contribution < -0.4 is 15.8 Å². The Kier molecular flexibility index (Phi) is 4.39. The molecule has 0 saturated heterocycles. The Bertz CT molecular complexity index is 649. The molecule has 0 amide bonds. The van der Waals surface area contributed by atoms with Gasteiger partial charge in [0.2, 0.25) is 0 Å². The lowest BCUT2D eigenvalue weighted by atomic mass is 9.96. The van der Waals surface area contributed by atoms with Crippen molar-refractivity contribution in [2.75, 3.05) is 5.01 Å². The van der Waals surface area contributed by atoms with E-state index in [0.29, 0.717) is 11.2 Å². The van der Waals surface area contributed by atoms with E-state index in [1.165, 1.54) is 25.7 Å². The van der Waals surface area contributed by atoms with Gasteiger partial charge >= 0.3 is 0 Å². The van der Waals surface area contributed by atoms with E-state index in [4.69, 9.17) is 12.2 Å². The van der Waals surface area contributed by atoms with Crippen LogP contribution in [0.5, 0.6) is 0 Å². The summed E-state index contributed by atoms with van der Waals surface area (Å²) in [7, 11) is 0. The number of nitrogens with zero attached hydrogens (tertiary/aromatic N) is 1. The van der Waals surface area contributed by atoms with Crippen molar-refractivity contribution in [1.29, 1.82) is 0 Å². The van der Waals surface area contributed by atoms with E-state index in [0.717, 1.165) is 23.2 Å². The summed E-state index contributed by atoms with van der Waals surface area (Å²) in [5, 5.41) is 6.31. The van der Waals surface area contributed by atoms with Gasteiger partial charge in [0.15, 0.2) is 5.11 Å². The molecular weight excluding hydrogens is 314 g/mol. The quantitative estimate of drug-likeness (QED) is 0.639. The minimum atomic E-state index is 0.539. The number of benzene rings is 2. The lowest BCUT2D eigenvalue weighted by Gasteiger charge is -2.30. The summed E-state index contributed by atoms with van der Waals surface area (Å²) in [6, 6.07) is 21.1. The summed E-state index contributed by atoms with van der Waals surface area (Å²) in [6.07, 6.45) is 5.40. The highest BCUT2D eigenvalue weighted by Gasteiger charge is 2.39. The number of thiocarbonyl (C=S) groups is 1. The Morgan fingerprint density at radius 2 is 1.50 bits per heavy atom. The van der Waals surface area contributed by atoms with Gasteiger partial charge in [-0.05, 0) is 67.6 Å². The maximum Gasteiger partial charge on any atom is 0.185 e. The number of rotatable bonds is 4. The maximum atomic E-state index is 5.62. The molecule has 2 aliphatic rings. The van der Waals surface area contributed by atoms with Gasteiger partial charge in [-0.15, -0.1) is 0 Å². The predicted molar refractivity (Wildman–Crippen MR) is 103 cm³/mol. The second-order valence-corrected chi connectivity index (χ2v) is 7.28. The zero-order chi connectivity index (χ0) is 16.4. The summed E-state index contributed by atoms with van der Waals surface area (Å²) in [5.41, 5.74) is 5.53. The molecule has 0 unspecified atom stereocenters. The second kappa shape index (κ2) is 6.81. The number of hydrogen-bond donors (Lipinski definition) is 2. The summed E-state index contributed by atoms with van der Waals surface area (Å²) in [6.45, 7) is 0. The van der Waals surface area contributed by atoms with Gasteiger partial charge < -0.3 is 5.32 Å². The number of nitrogens with one attached hydrogen (secondary N) is 2. The van der Waals surface area contributed by atoms with E-state index in [2.05, 4.69) is 35.0 Å². The van der Waals surface area contributed by atoms with Crippen molar-refractivity contribution in [2.45, 2.75) is 31.7 Å². The van der Waals surface area contributed by atoms with Crippen molar-refractivity contribution in [2.24, 2.45) is 11.8 Å². The van der Waals surface area contributed by atoms with Crippen LogP contribution in [0.4, 0.5) is 11.4 Å². The van der Waals surface area contributed by atoms with E-state index < -0.39 is 0 Å². The van der Waals surface area contributed by atoms with Crippen LogP contribution in [0.2, 0.25) is 0 Å². The van der Waals surface area contributed by atoms with Crippen LogP contribution in [0.15, 0.2) is 60.7 Å². The largest absolute Gasteiger partial charge is 0.358 e. The number of fused-ring (bicyclic) bond motifs is 2. The van der Waals surface area contributed by atoms with Crippen LogP contribution in [0.25, 0.3) is 0 Å². The second-order valence-electron chi connectivity index (χ2n) is 6.87. The lowest BCUT2D eigenvalue weighted by Crippen LogP contribution is -2.49. The maximum absolute atomic E-state index is 5.62. The van der Waals surface area contributed by atoms with Crippen LogP contribution in [0.1, 0.15) is 25.7 Å². The van der Waals surface area contributed by atoms with E-state index in [1.807, 2.05) is 41.4 Å². The van der Waals surface area contributed by atoms with Crippen LogP contribution >= 0.6 is 12.2 Å². The van der Waals surface area contributed by atoms with Gasteiger partial charge in [-0.3, -0.25) is 10.4 Å². The van der Waals surface area contributed by atoms with Crippen LogP contribution in [0.3, 0.4) is 0 Å². The molecule has 2 aromatic carbocycles. The number of para-hydroxylation sites is 2. The van der Waals surface area contributed by atoms with E-state index in [1.54, 1.807) is 0 Å². The zero-order valence-corrected chi connectivity index (χ0v) is 14.5. The molecule has 0 heterocycles. The van der Waals surface area contributed by atoms with Gasteiger partial charge in [-0.1, -0.05) is 42.8 Å². The Morgan fingerprint density at radius 1 is 0.875 bits per heavy atom. The Balaban J connectivity index is 1.48. The monoisotopic (exact) mass is 337 g/mol. The Labute approximate surface area is 149 Å². The first kappa shape index (κ1) is 15.5. The molecule has 2 aromatic rings. The SMILES string of the molecule is S=C(N[C@H]1C[C@@H]2CC[C@@H]1C2)NN(c1ccccc1)c1ccccc1. The van der Waals surface area contributed by atoms with Gasteiger partial charge in [0.05, 0.1) is 11.4 Å². The average Bonchev–Trinajstić information content (AvgIpc) is 3.24. The first-order valence-electron chi connectivity index (χ1n) is 8.77. The first-order valence-corrected chi connectivity index (χ1v) is 9.18. The molecule has 2 bridgehead atoms. The van der Waals surface area contributed by atoms with Crippen LogP contribution in [0, 0.1) is 11.8 Å². The number of anilines is 2. The smallest absolute Gasteiger partial charge is 0.185 e. The molecule has 24 heavy (non-hydrogen) atoms. The summed E-state index contributed by atoms with van der Waals surface area (Å²) < 4.78 is 0. The fourth-order valence-electron chi connectivity index (χ4n) is 4.16. The molecule has 2 fully saturated rings. The summed E-state index contributed by atoms with van der Waals surface area (Å²) in [5.74, 6) is 1.71. The van der Waals surface area contributed by atoms with Crippen molar-refractivity contribution >= 4 is 28.7 Å². The molecule has 124 valence electrons. The topological polar surface area (TPSA) is 27.3 Å². The highest BCUT2D eigenvalue weighted by Crippen LogP contribution is 2.44. The van der Waals surface area contributed by atoms with Crippen molar-refractivity contribution < 1.29 is 0 Å². The van der Waals surface area contributed by atoms with Crippen LogP contribution in [-0.2, 0) is 0 Å². The summed E-state index contributed by atoms with van der Waals surface area (Å²) in [4.78, 5) is 0. The van der Waals surface area contributed by atoms with E-state index >= 15 is 0 Å². The summed E-state index contributed by atoms with van der Waals surface area (Å²) >= 11 is 5.62. The average molecular weight is 337 g/mol. The predicted octanol–water partition coefficient (Wildman–Crippen LogP) is 4.39. The molecule has 2 aliphatic carbocycles. The molecule has 3 nitrogen and oxygen atoms in total. The molecule has 4 heteroatoms. The third-order valence-electron chi connectivity index (χ3n) is 5.30. The molecule has 0 spiro atoms. The normalized spacial score (nSPS) is 24.6. The van der Waals surface area contributed by atoms with E-state index in [9.17, 15) is 0 Å². The van der Waals surface area contributed by atoms with Gasteiger partial charge in [0.25, 0.3) is 0 Å². The fraction of sp³-hybridized carbons (Fsp3) is 0.350. The van der Waals surface area contributed by atoms with Crippen molar-refractivity contribution in [1.82, 2.24) is 10.7 Å². The highest BCUT2D eigenvalue weighted by molar-refractivity contribution is 7.80. The number of hydrogen-bond acceptors (Lipinski definition) is 2. The minimum Gasteiger partial charge on any atom is -0.358 e. The molecule has 2 N–H and O–H groups in total. The van der Waals surface area contributed by atoms with Crippen LogP contribution in [-0.4, -0.2) is 11.2 Å². The number of hydrazine groups is 1. The standard InChI is InChI=1S/C20H23N3S/c24-20(21-19-14-15-11-12-16(19)13-15)22-23(17-7-3-1-4-8-17)18-9-5-2-6-10-18/h1-10,15-16,19H,11-14H2,(H2,21,22,24)/t15-,16-,19+/m1/s1. The van der Waals surface area contributed by atoms with E-state index in [-0.39, 0.29) is 0 Å². The first-order chi connectivity index (χ1) is 11.8. The third-order valence-corrected chi connectivity index (χ3v) is 5.51. The Hall–Kier alpha value is -2.07. The molecule has 0 aliphatic heterocycles. The third kappa shape index (κ3) is 3.24. The van der Waals surface area contributed by atoms with Crippen molar-refractivity contribution in [3.63, 3.8) is 0 Å². The van der Waals surface area contributed by atoms with Gasteiger partial charge in [-0.2, -0.15) is 0 Å². The molecule has 3 atom stereocenters. The Morgan fingerprint density at radius 3 is 2.00 bits per heavy atom. The molecule has 0 aromatic heterocycles. The fourth-order valence-corrected chi connectivity index (χ4v) is 4.40. The lowest BCUT2D eigenvalue weighted by molar-refractivity contribution is 0.389. The van der Waals surface area contributed by atoms with Gasteiger partial charge in [-0.25, -0.2) is 0 Å². The molecule has 0 radical (unpaired) electrons.